The summed E-state index contributed by atoms with van der Waals surface area (Å²) in [7, 11) is 0. The highest BCUT2D eigenvalue weighted by molar-refractivity contribution is 7.13. The molecular weight excluding hydrogens is 214 g/mol. The van der Waals surface area contributed by atoms with Crippen molar-refractivity contribution in [3.8, 4) is 10.4 Å². The molecule has 0 amide bonds. The van der Waals surface area contributed by atoms with Gasteiger partial charge in [0.15, 0.2) is 0 Å². The van der Waals surface area contributed by atoms with Crippen molar-refractivity contribution in [2.75, 3.05) is 0 Å². The van der Waals surface area contributed by atoms with E-state index in [1.54, 1.807) is 11.3 Å². The van der Waals surface area contributed by atoms with Crippen LogP contribution < -0.4 is 0 Å². The first-order chi connectivity index (χ1) is 7.90. The van der Waals surface area contributed by atoms with Crippen LogP contribution in [0.2, 0.25) is 0 Å². The molecule has 0 saturated carbocycles. The molecule has 0 atom stereocenters. The third kappa shape index (κ3) is 2.92. The van der Waals surface area contributed by atoms with Gasteiger partial charge in [-0.2, -0.15) is 0 Å². The number of aryl methyl sites for hydroxylation is 1. The molecule has 0 unspecified atom stereocenters. The molecule has 2 aromatic heterocycles. The summed E-state index contributed by atoms with van der Waals surface area (Å²) >= 11 is 1.76. The molecule has 0 radical (unpaired) electrons. The number of rotatable bonds is 5. The zero-order chi connectivity index (χ0) is 11.2. The number of thiophene rings is 1. The normalized spacial score (nSPS) is 10.6. The van der Waals surface area contributed by atoms with Gasteiger partial charge >= 0.3 is 0 Å². The van der Waals surface area contributed by atoms with Gasteiger partial charge in [0, 0.05) is 22.3 Å². The van der Waals surface area contributed by atoms with Gasteiger partial charge in [-0.3, -0.25) is 4.98 Å². The molecule has 84 valence electrons. The Hall–Kier alpha value is -1.15. The van der Waals surface area contributed by atoms with E-state index < -0.39 is 0 Å². The third-order valence-corrected chi connectivity index (χ3v) is 3.59. The van der Waals surface area contributed by atoms with Gasteiger partial charge in [-0.25, -0.2) is 0 Å². The van der Waals surface area contributed by atoms with Crippen molar-refractivity contribution in [3.05, 3.63) is 41.5 Å². The van der Waals surface area contributed by atoms with Crippen LogP contribution in [0.1, 0.15) is 31.9 Å². The standard InChI is InChI=1S/C14H17NS/c1-2-3-4-6-13-9-8-12(11-15-13)14-7-5-10-16-14/h5,7-11H,2-4,6H2,1H3. The van der Waals surface area contributed by atoms with Crippen LogP contribution in [0.15, 0.2) is 35.8 Å². The van der Waals surface area contributed by atoms with Crippen molar-refractivity contribution >= 4 is 11.3 Å². The molecule has 0 saturated heterocycles. The molecule has 16 heavy (non-hydrogen) atoms. The van der Waals surface area contributed by atoms with Gasteiger partial charge in [-0.1, -0.05) is 31.9 Å². The first kappa shape index (κ1) is 11.3. The van der Waals surface area contributed by atoms with Gasteiger partial charge in [0.2, 0.25) is 0 Å². The van der Waals surface area contributed by atoms with Crippen molar-refractivity contribution in [2.24, 2.45) is 0 Å². The maximum atomic E-state index is 4.51. The van der Waals surface area contributed by atoms with E-state index in [9.17, 15) is 0 Å². The van der Waals surface area contributed by atoms with E-state index in [0.717, 1.165) is 6.42 Å². The second kappa shape index (κ2) is 5.80. The summed E-state index contributed by atoms with van der Waals surface area (Å²) in [5.41, 5.74) is 2.45. The lowest BCUT2D eigenvalue weighted by Gasteiger charge is -2.01. The minimum absolute atomic E-state index is 1.11. The molecule has 2 rings (SSSR count). The molecule has 2 heterocycles. The molecular formula is C14H17NS. The van der Waals surface area contributed by atoms with E-state index in [1.807, 2.05) is 6.20 Å². The summed E-state index contributed by atoms with van der Waals surface area (Å²) in [6.07, 6.45) is 6.93. The largest absolute Gasteiger partial charge is 0.261 e. The Morgan fingerprint density at radius 2 is 2.12 bits per heavy atom. The van der Waals surface area contributed by atoms with E-state index in [4.69, 9.17) is 0 Å². The Bertz CT molecular complexity index is 403. The van der Waals surface area contributed by atoms with Crippen molar-refractivity contribution in [1.82, 2.24) is 4.98 Å². The van der Waals surface area contributed by atoms with Gasteiger partial charge in [-0.05, 0) is 30.4 Å². The Balaban J connectivity index is 2.00. The summed E-state index contributed by atoms with van der Waals surface area (Å²) in [5, 5.41) is 2.10. The highest BCUT2D eigenvalue weighted by Crippen LogP contribution is 2.23. The first-order valence-corrected chi connectivity index (χ1v) is 6.77. The van der Waals surface area contributed by atoms with Crippen molar-refractivity contribution in [3.63, 3.8) is 0 Å². The monoisotopic (exact) mass is 231 g/mol. The van der Waals surface area contributed by atoms with Crippen molar-refractivity contribution in [1.29, 1.82) is 0 Å². The maximum Gasteiger partial charge on any atom is 0.0404 e. The van der Waals surface area contributed by atoms with Crippen molar-refractivity contribution in [2.45, 2.75) is 32.6 Å². The van der Waals surface area contributed by atoms with Crippen LogP contribution in [-0.4, -0.2) is 4.98 Å². The highest BCUT2D eigenvalue weighted by Gasteiger charge is 1.99. The number of hydrogen-bond donors (Lipinski definition) is 0. The lowest BCUT2D eigenvalue weighted by molar-refractivity contribution is 0.707. The third-order valence-electron chi connectivity index (χ3n) is 2.67. The fourth-order valence-corrected chi connectivity index (χ4v) is 2.43. The molecule has 0 fully saturated rings. The molecule has 0 aliphatic carbocycles. The number of unbranched alkanes of at least 4 members (excludes halogenated alkanes) is 2. The molecule has 2 heteroatoms. The quantitative estimate of drug-likeness (QED) is 0.688. The summed E-state index contributed by atoms with van der Waals surface area (Å²) < 4.78 is 0. The average molecular weight is 231 g/mol. The van der Waals surface area contributed by atoms with Gasteiger partial charge in [0.25, 0.3) is 0 Å². The Labute approximate surface area is 101 Å². The molecule has 0 aliphatic rings. The highest BCUT2D eigenvalue weighted by atomic mass is 32.1. The van der Waals surface area contributed by atoms with Crippen LogP contribution in [0.25, 0.3) is 10.4 Å². The predicted octanol–water partition coefficient (Wildman–Crippen LogP) is 4.54. The average Bonchev–Trinajstić information content (AvgIpc) is 2.84. The Kier molecular flexibility index (Phi) is 4.11. The van der Waals surface area contributed by atoms with E-state index in [2.05, 4.69) is 41.6 Å². The van der Waals surface area contributed by atoms with Crippen LogP contribution in [-0.2, 0) is 6.42 Å². The predicted molar refractivity (Wildman–Crippen MR) is 70.8 cm³/mol. The SMILES string of the molecule is CCCCCc1ccc(-c2cccs2)cn1. The lowest BCUT2D eigenvalue weighted by atomic mass is 10.1. The lowest BCUT2D eigenvalue weighted by Crippen LogP contribution is -1.89. The Morgan fingerprint density at radius 3 is 2.75 bits per heavy atom. The summed E-state index contributed by atoms with van der Waals surface area (Å²) in [6.45, 7) is 2.23. The van der Waals surface area contributed by atoms with E-state index in [-0.39, 0.29) is 0 Å². The minimum atomic E-state index is 1.11. The molecule has 0 aliphatic heterocycles. The molecule has 0 N–H and O–H groups in total. The second-order valence-electron chi connectivity index (χ2n) is 3.97. The minimum Gasteiger partial charge on any atom is -0.261 e. The molecule has 0 bridgehead atoms. The number of aromatic nitrogens is 1. The summed E-state index contributed by atoms with van der Waals surface area (Å²) in [4.78, 5) is 5.81. The zero-order valence-electron chi connectivity index (χ0n) is 9.65. The van der Waals surface area contributed by atoms with Crippen molar-refractivity contribution < 1.29 is 0 Å². The smallest absolute Gasteiger partial charge is 0.0404 e. The molecule has 1 nitrogen and oxygen atoms in total. The fraction of sp³-hybridized carbons (Fsp3) is 0.357. The first-order valence-electron chi connectivity index (χ1n) is 5.89. The second-order valence-corrected chi connectivity index (χ2v) is 4.92. The topological polar surface area (TPSA) is 12.9 Å². The summed E-state index contributed by atoms with van der Waals surface area (Å²) in [5.74, 6) is 0. The van der Waals surface area contributed by atoms with Gasteiger partial charge in [0.1, 0.15) is 0 Å². The number of hydrogen-bond acceptors (Lipinski definition) is 2. The van der Waals surface area contributed by atoms with Crippen LogP contribution in [0.4, 0.5) is 0 Å². The van der Waals surface area contributed by atoms with Crippen LogP contribution in [0.3, 0.4) is 0 Å². The van der Waals surface area contributed by atoms with Gasteiger partial charge in [0.05, 0.1) is 0 Å². The zero-order valence-corrected chi connectivity index (χ0v) is 10.5. The molecule has 2 aromatic rings. The number of pyridine rings is 1. The van der Waals surface area contributed by atoms with E-state index in [0.29, 0.717) is 0 Å². The van der Waals surface area contributed by atoms with Gasteiger partial charge < -0.3 is 0 Å². The molecule has 0 aromatic carbocycles. The molecule has 0 spiro atoms. The van der Waals surface area contributed by atoms with E-state index in [1.165, 1.54) is 35.4 Å². The maximum absolute atomic E-state index is 4.51. The van der Waals surface area contributed by atoms with Crippen LogP contribution in [0.5, 0.6) is 0 Å². The summed E-state index contributed by atoms with van der Waals surface area (Å²) in [6, 6.07) is 8.55. The van der Waals surface area contributed by atoms with Crippen LogP contribution >= 0.6 is 11.3 Å². The van der Waals surface area contributed by atoms with E-state index >= 15 is 0 Å². The Morgan fingerprint density at radius 1 is 1.19 bits per heavy atom. The fourth-order valence-electron chi connectivity index (χ4n) is 1.72. The number of nitrogens with zero attached hydrogens (tertiary/aromatic N) is 1. The van der Waals surface area contributed by atoms with Crippen LogP contribution in [0, 0.1) is 0 Å². The van der Waals surface area contributed by atoms with Gasteiger partial charge in [-0.15, -0.1) is 11.3 Å².